The first-order valence-corrected chi connectivity index (χ1v) is 10.6. The molecule has 0 atom stereocenters. The lowest BCUT2D eigenvalue weighted by Crippen LogP contribution is -2.55. The monoisotopic (exact) mass is 432 g/mol. The van der Waals surface area contributed by atoms with Crippen molar-refractivity contribution >= 4 is 56.4 Å². The average Bonchev–Trinajstić information content (AvgIpc) is 2.94. The molecule has 2 amide bonds. The number of carbonyl (C=O) groups is 2. The molecule has 0 saturated carbocycles. The number of carbonyl (C=O) groups excluding carboxylic acids is 2. The van der Waals surface area contributed by atoms with Gasteiger partial charge >= 0.3 is 0 Å². The fourth-order valence-corrected chi connectivity index (χ4v) is 6.06. The first-order valence-electron chi connectivity index (χ1n) is 7.61. The number of sulfonamides is 1. The minimum atomic E-state index is -4.07. The Labute approximate surface area is 165 Å². The van der Waals surface area contributed by atoms with E-state index in [1.807, 2.05) is 30.3 Å². The summed E-state index contributed by atoms with van der Waals surface area (Å²) >= 11 is 12.6. The lowest BCUT2D eigenvalue weighted by Gasteiger charge is -2.31. The summed E-state index contributed by atoms with van der Waals surface area (Å²) in [6.07, 6.45) is 0.511. The summed E-state index contributed by atoms with van der Waals surface area (Å²) in [7, 11) is -4.07. The number of piperazine rings is 1. The fourth-order valence-electron chi connectivity index (χ4n) is 2.61. The Balaban J connectivity index is 1.73. The molecule has 2 aromatic rings. The Morgan fingerprint density at radius 1 is 1.04 bits per heavy atom. The van der Waals surface area contributed by atoms with Gasteiger partial charge in [-0.3, -0.25) is 14.5 Å². The van der Waals surface area contributed by atoms with E-state index in [-0.39, 0.29) is 20.1 Å². The third-order valence-electron chi connectivity index (χ3n) is 3.94. The van der Waals surface area contributed by atoms with Crippen LogP contribution >= 0.6 is 34.5 Å². The van der Waals surface area contributed by atoms with Gasteiger partial charge < -0.3 is 0 Å². The van der Waals surface area contributed by atoms with E-state index in [4.69, 9.17) is 23.2 Å². The van der Waals surface area contributed by atoms with Crippen molar-refractivity contribution in [1.29, 1.82) is 0 Å². The summed E-state index contributed by atoms with van der Waals surface area (Å²) in [4.78, 5) is 25.6. The van der Waals surface area contributed by atoms with Gasteiger partial charge in [0, 0.05) is 6.54 Å². The Morgan fingerprint density at radius 3 is 2.19 bits per heavy atom. The van der Waals surface area contributed by atoms with Gasteiger partial charge in [-0.2, -0.15) is 4.31 Å². The van der Waals surface area contributed by atoms with E-state index in [9.17, 15) is 18.0 Å². The maximum atomic E-state index is 12.7. The SMILES string of the molecule is O=C1CN(S(=O)(=O)c2cc(Cl)sc2Cl)CC(=O)N1CCc1ccccc1. The number of hydrogen-bond donors (Lipinski definition) is 0. The van der Waals surface area contributed by atoms with E-state index < -0.39 is 34.9 Å². The molecule has 26 heavy (non-hydrogen) atoms. The Kier molecular flexibility index (Phi) is 5.69. The number of imide groups is 1. The average molecular weight is 433 g/mol. The summed E-state index contributed by atoms with van der Waals surface area (Å²) in [6, 6.07) is 10.7. The Bertz CT molecular complexity index is 926. The van der Waals surface area contributed by atoms with Gasteiger partial charge in [-0.05, 0) is 18.1 Å². The first-order chi connectivity index (χ1) is 12.3. The second kappa shape index (κ2) is 7.66. The van der Waals surface area contributed by atoms with Crippen LogP contribution in [0.1, 0.15) is 5.56 Å². The number of halogens is 2. The zero-order valence-corrected chi connectivity index (χ0v) is 16.5. The van der Waals surface area contributed by atoms with Crippen LogP contribution in [-0.2, 0) is 26.0 Å². The van der Waals surface area contributed by atoms with Gasteiger partial charge in [-0.1, -0.05) is 53.5 Å². The molecule has 2 heterocycles. The summed E-state index contributed by atoms with van der Waals surface area (Å²) in [5, 5.41) is 0. The molecule has 0 aliphatic carbocycles. The molecule has 1 saturated heterocycles. The Hall–Kier alpha value is -1.45. The van der Waals surface area contributed by atoms with Crippen molar-refractivity contribution in [3.8, 4) is 0 Å². The molecular formula is C16H14Cl2N2O4S2. The van der Waals surface area contributed by atoms with Crippen LogP contribution in [0.2, 0.25) is 8.67 Å². The molecule has 1 aromatic heterocycles. The largest absolute Gasteiger partial charge is 0.280 e. The standard InChI is InChI=1S/C16H14Cl2N2O4S2/c17-13-8-12(16(18)25-13)26(23,24)19-9-14(21)20(15(22)10-19)7-6-11-4-2-1-3-5-11/h1-5,8H,6-7,9-10H2. The molecule has 0 bridgehead atoms. The predicted octanol–water partition coefficient (Wildman–Crippen LogP) is 2.66. The van der Waals surface area contributed by atoms with Gasteiger partial charge in [-0.15, -0.1) is 11.3 Å². The fraction of sp³-hybridized carbons (Fsp3) is 0.250. The molecule has 138 valence electrons. The third kappa shape index (κ3) is 3.94. The number of rotatable bonds is 5. The highest BCUT2D eigenvalue weighted by molar-refractivity contribution is 7.89. The zero-order chi connectivity index (χ0) is 18.9. The van der Waals surface area contributed by atoms with E-state index in [1.54, 1.807) is 0 Å². The summed E-state index contributed by atoms with van der Waals surface area (Å²) in [6.45, 7) is -0.611. The van der Waals surface area contributed by atoms with Gasteiger partial charge in [0.1, 0.15) is 9.23 Å². The van der Waals surface area contributed by atoms with Crippen molar-refractivity contribution in [2.45, 2.75) is 11.3 Å². The molecule has 3 rings (SSSR count). The van der Waals surface area contributed by atoms with Crippen LogP contribution in [0.25, 0.3) is 0 Å². The predicted molar refractivity (Wildman–Crippen MR) is 100.0 cm³/mol. The number of nitrogens with zero attached hydrogens (tertiary/aromatic N) is 2. The van der Waals surface area contributed by atoms with E-state index in [0.29, 0.717) is 6.42 Å². The molecule has 0 N–H and O–H groups in total. The maximum Gasteiger partial charge on any atom is 0.246 e. The second-order valence-corrected chi connectivity index (χ2v) is 9.83. The highest BCUT2D eigenvalue weighted by Gasteiger charge is 2.38. The molecule has 1 aromatic carbocycles. The van der Waals surface area contributed by atoms with Crippen LogP contribution < -0.4 is 0 Å². The quantitative estimate of drug-likeness (QED) is 0.680. The zero-order valence-electron chi connectivity index (χ0n) is 13.4. The van der Waals surface area contributed by atoms with E-state index in [1.165, 1.54) is 6.07 Å². The lowest BCUT2D eigenvalue weighted by molar-refractivity contribution is -0.149. The van der Waals surface area contributed by atoms with Crippen LogP contribution in [0, 0.1) is 0 Å². The van der Waals surface area contributed by atoms with Crippen molar-refractivity contribution in [2.24, 2.45) is 0 Å². The van der Waals surface area contributed by atoms with Crippen molar-refractivity contribution in [3.63, 3.8) is 0 Å². The number of hydrogen-bond acceptors (Lipinski definition) is 5. The molecular weight excluding hydrogens is 419 g/mol. The minimum Gasteiger partial charge on any atom is -0.280 e. The normalized spacial score (nSPS) is 16.3. The number of benzene rings is 1. The first kappa shape index (κ1) is 19.3. The van der Waals surface area contributed by atoms with E-state index in [2.05, 4.69) is 0 Å². The van der Waals surface area contributed by atoms with Crippen molar-refractivity contribution in [2.75, 3.05) is 19.6 Å². The van der Waals surface area contributed by atoms with Gasteiger partial charge in [-0.25, -0.2) is 8.42 Å². The van der Waals surface area contributed by atoms with Crippen LogP contribution in [0.5, 0.6) is 0 Å². The highest BCUT2D eigenvalue weighted by atomic mass is 35.5. The van der Waals surface area contributed by atoms with Gasteiger partial charge in [0.25, 0.3) is 0 Å². The van der Waals surface area contributed by atoms with Gasteiger partial charge in [0.2, 0.25) is 21.8 Å². The van der Waals surface area contributed by atoms with E-state index in [0.717, 1.165) is 26.1 Å². The van der Waals surface area contributed by atoms with Crippen molar-refractivity contribution in [1.82, 2.24) is 9.21 Å². The van der Waals surface area contributed by atoms with Crippen molar-refractivity contribution < 1.29 is 18.0 Å². The third-order valence-corrected chi connectivity index (χ3v) is 7.48. The van der Waals surface area contributed by atoms with Crippen LogP contribution in [0.15, 0.2) is 41.3 Å². The molecule has 0 spiro atoms. The molecule has 6 nitrogen and oxygen atoms in total. The molecule has 1 fully saturated rings. The topological polar surface area (TPSA) is 74.8 Å². The molecule has 0 unspecified atom stereocenters. The highest BCUT2D eigenvalue weighted by Crippen LogP contribution is 2.36. The van der Waals surface area contributed by atoms with Gasteiger partial charge in [0.05, 0.1) is 17.4 Å². The second-order valence-electron chi connectivity index (χ2n) is 5.64. The van der Waals surface area contributed by atoms with Crippen molar-refractivity contribution in [3.05, 3.63) is 50.6 Å². The molecule has 10 heteroatoms. The smallest absolute Gasteiger partial charge is 0.246 e. The molecule has 1 aliphatic rings. The number of amides is 2. The van der Waals surface area contributed by atoms with Crippen LogP contribution in [0.3, 0.4) is 0 Å². The minimum absolute atomic E-state index is 0.00130. The van der Waals surface area contributed by atoms with Crippen LogP contribution in [0.4, 0.5) is 0 Å². The summed E-state index contributed by atoms with van der Waals surface area (Å²) in [5.41, 5.74) is 0.989. The summed E-state index contributed by atoms with van der Waals surface area (Å²) < 4.78 is 26.4. The lowest BCUT2D eigenvalue weighted by atomic mass is 10.1. The van der Waals surface area contributed by atoms with Gasteiger partial charge in [0.15, 0.2) is 0 Å². The number of thiophene rings is 1. The van der Waals surface area contributed by atoms with Crippen LogP contribution in [-0.4, -0.2) is 49.1 Å². The van der Waals surface area contributed by atoms with E-state index >= 15 is 0 Å². The molecule has 1 aliphatic heterocycles. The maximum absolute atomic E-state index is 12.7. The molecule has 0 radical (unpaired) electrons. The Morgan fingerprint density at radius 2 is 1.65 bits per heavy atom. The summed E-state index contributed by atoms with van der Waals surface area (Å²) in [5.74, 6) is -1.11.